The molecular weight excluding hydrogens is 502 g/mol. The molecule has 0 spiro atoms. The predicted octanol–water partition coefficient (Wildman–Crippen LogP) is 6.10. The van der Waals surface area contributed by atoms with E-state index in [0.717, 1.165) is 15.4 Å². The van der Waals surface area contributed by atoms with Crippen molar-refractivity contribution in [2.24, 2.45) is 17.8 Å². The van der Waals surface area contributed by atoms with Crippen molar-refractivity contribution in [2.75, 3.05) is 6.54 Å². The largest absolute Gasteiger partial charge is 0.481 e. The normalized spacial score (nSPS) is 23.4. The van der Waals surface area contributed by atoms with Crippen molar-refractivity contribution < 1.29 is 28.6 Å². The molecule has 186 valence electrons. The maximum Gasteiger partial charge on any atom is 0.307 e. The summed E-state index contributed by atoms with van der Waals surface area (Å²) in [7, 11) is -3.56. The van der Waals surface area contributed by atoms with Gasteiger partial charge in [0.15, 0.2) is 5.78 Å². The summed E-state index contributed by atoms with van der Waals surface area (Å²) in [6, 6.07) is 20.6. The Bertz CT molecular complexity index is 1340. The zero-order valence-corrected chi connectivity index (χ0v) is 20.7. The average molecular weight is 526 g/mol. The molecule has 3 atom stereocenters. The van der Waals surface area contributed by atoms with E-state index >= 15 is 0 Å². The molecule has 1 heterocycles. The maximum atomic E-state index is 13.4. The van der Waals surface area contributed by atoms with Crippen LogP contribution in [-0.2, 0) is 4.79 Å². The molecule has 3 aromatic carbocycles. The molecule has 5 rings (SSSR count). The third-order valence-electron chi connectivity index (χ3n) is 7.11. The number of aliphatic carboxylic acids is 1. The molecular formula is C27H24ClNO6S. The number of carbonyl (C=O) groups is 3. The first-order chi connectivity index (χ1) is 17.2. The number of nitrogens with zero attached hydrogens (tertiary/aromatic N) is 1. The Labute approximate surface area is 214 Å². The van der Waals surface area contributed by atoms with E-state index in [0.29, 0.717) is 23.4 Å². The van der Waals surface area contributed by atoms with E-state index in [1.54, 1.807) is 36.4 Å². The minimum atomic E-state index is -3.56. The van der Waals surface area contributed by atoms with E-state index in [1.807, 2.05) is 24.3 Å². The van der Waals surface area contributed by atoms with Gasteiger partial charge in [0.25, 0.3) is 5.91 Å². The van der Waals surface area contributed by atoms with E-state index in [1.165, 1.54) is 12.1 Å². The second kappa shape index (κ2) is 9.37. The molecule has 3 aromatic rings. The molecule has 1 fully saturated rings. The molecule has 7 nitrogen and oxygen atoms in total. The minimum Gasteiger partial charge on any atom is -0.481 e. The quantitative estimate of drug-likeness (QED) is 0.335. The highest BCUT2D eigenvalue weighted by molar-refractivity contribution is 8.23. The zero-order valence-electron chi connectivity index (χ0n) is 19.1. The zero-order chi connectivity index (χ0) is 25.6. The van der Waals surface area contributed by atoms with Gasteiger partial charge in [-0.3, -0.25) is 23.5 Å². The van der Waals surface area contributed by atoms with Gasteiger partial charge in [-0.2, -0.15) is 0 Å². The van der Waals surface area contributed by atoms with E-state index in [2.05, 4.69) is 0 Å². The van der Waals surface area contributed by atoms with Crippen LogP contribution in [0.25, 0.3) is 11.1 Å². The average Bonchev–Trinajstić information content (AvgIpc) is 3.38. The molecule has 1 aliphatic heterocycles. The fourth-order valence-corrected chi connectivity index (χ4v) is 7.09. The molecule has 2 aliphatic rings. The van der Waals surface area contributed by atoms with Crippen LogP contribution in [0.5, 0.6) is 0 Å². The van der Waals surface area contributed by atoms with Gasteiger partial charge in [0.2, 0.25) is 0 Å². The second-order valence-corrected chi connectivity index (χ2v) is 11.5. The Morgan fingerprint density at radius 1 is 0.917 bits per heavy atom. The van der Waals surface area contributed by atoms with E-state index in [4.69, 9.17) is 11.6 Å². The molecule has 0 radical (unpaired) electrons. The third kappa shape index (κ3) is 4.20. The lowest BCUT2D eigenvalue weighted by Crippen LogP contribution is -2.38. The molecule has 3 N–H and O–H groups in total. The van der Waals surface area contributed by atoms with Gasteiger partial charge in [0.05, 0.1) is 16.4 Å². The van der Waals surface area contributed by atoms with Gasteiger partial charge in [-0.25, -0.2) is 4.31 Å². The van der Waals surface area contributed by atoms with Gasteiger partial charge in [-0.15, -0.1) is 0 Å². The van der Waals surface area contributed by atoms with Crippen LogP contribution < -0.4 is 0 Å². The molecule has 3 unspecified atom stereocenters. The third-order valence-corrected chi connectivity index (χ3v) is 9.23. The fraction of sp³-hybridized carbons (Fsp3) is 0.222. The fourth-order valence-electron chi connectivity index (χ4n) is 5.29. The Hall–Kier alpha value is -3.17. The van der Waals surface area contributed by atoms with Crippen LogP contribution in [0.1, 0.15) is 33.6 Å². The first kappa shape index (κ1) is 24.5. The summed E-state index contributed by atoms with van der Waals surface area (Å²) in [5.74, 6) is -4.34. The topological polar surface area (TPSA) is 115 Å². The highest BCUT2D eigenvalue weighted by Crippen LogP contribution is 2.59. The van der Waals surface area contributed by atoms with Crippen molar-refractivity contribution in [1.82, 2.24) is 4.31 Å². The summed E-state index contributed by atoms with van der Waals surface area (Å²) in [6.45, 7) is -0.147. The summed E-state index contributed by atoms with van der Waals surface area (Å²) in [5.41, 5.74) is 2.46. The van der Waals surface area contributed by atoms with Crippen LogP contribution in [0.3, 0.4) is 0 Å². The molecule has 36 heavy (non-hydrogen) atoms. The van der Waals surface area contributed by atoms with Crippen molar-refractivity contribution in [3.05, 3.63) is 88.9 Å². The van der Waals surface area contributed by atoms with E-state index in [-0.39, 0.29) is 22.8 Å². The van der Waals surface area contributed by atoms with Crippen LogP contribution in [-0.4, -0.2) is 42.7 Å². The molecule has 0 aromatic heterocycles. The highest BCUT2D eigenvalue weighted by atomic mass is 35.5. The summed E-state index contributed by atoms with van der Waals surface area (Å²) < 4.78 is 22.5. The molecule has 9 heteroatoms. The van der Waals surface area contributed by atoms with Crippen molar-refractivity contribution in [3.8, 4) is 11.1 Å². The van der Waals surface area contributed by atoms with Crippen LogP contribution >= 0.6 is 22.4 Å². The van der Waals surface area contributed by atoms with Crippen LogP contribution in [0.2, 0.25) is 5.02 Å². The van der Waals surface area contributed by atoms with E-state index in [9.17, 15) is 28.6 Å². The number of carboxylic acid groups (broad SMARTS) is 1. The maximum absolute atomic E-state index is 13.4. The number of Topliss-reactive ketones (excluding diaryl/α,β-unsaturated/α-hetero) is 1. The Morgan fingerprint density at radius 3 is 2.14 bits per heavy atom. The first-order valence-corrected chi connectivity index (χ1v) is 13.4. The van der Waals surface area contributed by atoms with E-state index < -0.39 is 40.4 Å². The molecule has 0 saturated heterocycles. The first-order valence-electron chi connectivity index (χ1n) is 11.5. The van der Waals surface area contributed by atoms with Gasteiger partial charge >= 0.3 is 5.97 Å². The lowest BCUT2D eigenvalue weighted by Gasteiger charge is -2.39. The smallest absolute Gasteiger partial charge is 0.307 e. The highest BCUT2D eigenvalue weighted by Gasteiger charge is 2.49. The Kier molecular flexibility index (Phi) is 6.38. The number of halogens is 1. The van der Waals surface area contributed by atoms with Crippen LogP contribution in [0, 0.1) is 17.8 Å². The molecule has 1 amide bonds. The summed E-state index contributed by atoms with van der Waals surface area (Å²) in [4.78, 5) is 38.7. The SMILES string of the molecule is O=C(c1ccc(-c2ccc(Cl)cc2)cc1)C1CCC(CN2C(=O)c3ccccc3S2(O)O)C1C(=O)O. The van der Waals surface area contributed by atoms with Gasteiger partial charge in [-0.1, -0.05) is 70.9 Å². The molecule has 1 saturated carbocycles. The van der Waals surface area contributed by atoms with Crippen molar-refractivity contribution in [1.29, 1.82) is 0 Å². The number of hydrogen-bond acceptors (Lipinski definition) is 5. The molecule has 0 bridgehead atoms. The lowest BCUT2D eigenvalue weighted by atomic mass is 9.84. The summed E-state index contributed by atoms with van der Waals surface area (Å²) in [5, 5.41) is 10.7. The van der Waals surface area contributed by atoms with Gasteiger partial charge in [-0.05, 0) is 54.2 Å². The van der Waals surface area contributed by atoms with Crippen molar-refractivity contribution in [2.45, 2.75) is 17.7 Å². The number of benzene rings is 3. The molecule has 1 aliphatic carbocycles. The van der Waals surface area contributed by atoms with Crippen LogP contribution in [0.15, 0.2) is 77.7 Å². The van der Waals surface area contributed by atoms with Gasteiger partial charge < -0.3 is 5.11 Å². The number of carboxylic acids is 1. The lowest BCUT2D eigenvalue weighted by molar-refractivity contribution is -0.144. The number of fused-ring (bicyclic) bond motifs is 1. The Balaban J connectivity index is 1.35. The Morgan fingerprint density at radius 2 is 1.53 bits per heavy atom. The number of carbonyl (C=O) groups excluding carboxylic acids is 2. The number of amides is 1. The van der Waals surface area contributed by atoms with Gasteiger partial charge in [0, 0.05) is 23.0 Å². The number of hydrogen-bond donors (Lipinski definition) is 3. The summed E-state index contributed by atoms with van der Waals surface area (Å²) in [6.07, 6.45) is 0.722. The van der Waals surface area contributed by atoms with Crippen molar-refractivity contribution >= 4 is 40.0 Å². The van der Waals surface area contributed by atoms with Crippen LogP contribution in [0.4, 0.5) is 0 Å². The van der Waals surface area contributed by atoms with Crippen molar-refractivity contribution in [3.63, 3.8) is 0 Å². The standard InChI is InChI=1S/C27H24ClNO6S/c28-20-12-9-17(10-13-20)16-5-7-18(8-6-16)25(30)22-14-11-19(24(22)27(32)33)15-29-26(31)21-3-1-2-4-23(21)36(29,34)35/h1-10,12-13,19,22,24,34-35H,11,14-15H2,(H,32,33). The number of ketones is 1. The van der Waals surface area contributed by atoms with Gasteiger partial charge in [0.1, 0.15) is 0 Å². The minimum absolute atomic E-state index is 0.147. The second-order valence-electron chi connectivity index (χ2n) is 9.14. The summed E-state index contributed by atoms with van der Waals surface area (Å²) >= 11 is 5.95. The monoisotopic (exact) mass is 525 g/mol. The predicted molar refractivity (Wildman–Crippen MR) is 137 cm³/mol. The number of rotatable bonds is 6.